The average Bonchev–Trinajstić information content (AvgIpc) is 2.80. The van der Waals surface area contributed by atoms with Gasteiger partial charge in [-0.25, -0.2) is 4.52 Å². The lowest BCUT2D eigenvalue weighted by atomic mass is 9.94. The van der Waals surface area contributed by atoms with Crippen LogP contribution in [-0.4, -0.2) is 21.6 Å². The largest absolute Gasteiger partial charge is 0.313 e. The highest BCUT2D eigenvalue weighted by molar-refractivity contribution is 5.53. The van der Waals surface area contributed by atoms with Crippen molar-refractivity contribution in [2.75, 3.05) is 7.05 Å². The van der Waals surface area contributed by atoms with Crippen molar-refractivity contribution in [2.24, 2.45) is 5.92 Å². The predicted octanol–water partition coefficient (Wildman–Crippen LogP) is 2.82. The second kappa shape index (κ2) is 5.96. The van der Waals surface area contributed by atoms with Gasteiger partial charge in [-0.1, -0.05) is 26.7 Å². The minimum atomic E-state index is 0.355. The summed E-state index contributed by atoms with van der Waals surface area (Å²) in [5.41, 5.74) is 2.34. The lowest BCUT2D eigenvalue weighted by Crippen LogP contribution is -2.19. The molecule has 2 aromatic heterocycles. The van der Waals surface area contributed by atoms with Crippen molar-refractivity contribution in [2.45, 2.75) is 39.2 Å². The number of nitrogens with one attached hydrogen (secondary N) is 1. The van der Waals surface area contributed by atoms with E-state index in [0.717, 1.165) is 17.9 Å². The van der Waals surface area contributed by atoms with Crippen LogP contribution in [0.2, 0.25) is 0 Å². The Hall–Kier alpha value is -1.42. The van der Waals surface area contributed by atoms with E-state index >= 15 is 0 Å². The molecule has 2 unspecified atom stereocenters. The topological polar surface area (TPSA) is 42.2 Å². The summed E-state index contributed by atoms with van der Waals surface area (Å²) in [4.78, 5) is 4.19. The molecule has 2 rings (SSSR count). The van der Waals surface area contributed by atoms with Gasteiger partial charge in [0.1, 0.15) is 0 Å². The Morgan fingerprint density at radius 1 is 1.39 bits per heavy atom. The minimum Gasteiger partial charge on any atom is -0.313 e. The van der Waals surface area contributed by atoms with Gasteiger partial charge in [-0.15, -0.1) is 0 Å². The summed E-state index contributed by atoms with van der Waals surface area (Å²) in [7, 11) is 2.02. The van der Waals surface area contributed by atoms with Gasteiger partial charge in [0.2, 0.25) is 0 Å². The summed E-state index contributed by atoms with van der Waals surface area (Å²) >= 11 is 0. The van der Waals surface area contributed by atoms with Gasteiger partial charge in [0.25, 0.3) is 0 Å². The molecule has 4 nitrogen and oxygen atoms in total. The van der Waals surface area contributed by atoms with Crippen molar-refractivity contribution in [3.05, 3.63) is 30.4 Å². The number of fused-ring (bicyclic) bond motifs is 1. The van der Waals surface area contributed by atoms with Gasteiger partial charge in [-0.3, -0.25) is 4.98 Å². The third kappa shape index (κ3) is 2.70. The molecular weight excluding hydrogens is 224 g/mol. The Bertz CT molecular complexity index is 491. The van der Waals surface area contributed by atoms with E-state index in [2.05, 4.69) is 29.2 Å². The summed E-state index contributed by atoms with van der Waals surface area (Å²) in [6.45, 7) is 4.56. The van der Waals surface area contributed by atoms with E-state index in [-0.39, 0.29) is 0 Å². The Morgan fingerprint density at radius 2 is 2.22 bits per heavy atom. The number of nitrogens with zero attached hydrogens (tertiary/aromatic N) is 3. The maximum Gasteiger partial charge on any atom is 0.0892 e. The lowest BCUT2D eigenvalue weighted by Gasteiger charge is -2.19. The molecule has 0 spiro atoms. The van der Waals surface area contributed by atoms with Crippen molar-refractivity contribution < 1.29 is 0 Å². The van der Waals surface area contributed by atoms with Crippen LogP contribution in [0, 0.1) is 5.92 Å². The minimum absolute atomic E-state index is 0.355. The van der Waals surface area contributed by atoms with Gasteiger partial charge in [0.15, 0.2) is 0 Å². The molecule has 0 saturated heterocycles. The molecule has 0 amide bonds. The summed E-state index contributed by atoms with van der Waals surface area (Å²) in [6, 6.07) is 0.355. The second-order valence-corrected chi connectivity index (χ2v) is 4.98. The fourth-order valence-electron chi connectivity index (χ4n) is 2.53. The maximum atomic E-state index is 4.38. The van der Waals surface area contributed by atoms with Crippen LogP contribution >= 0.6 is 0 Å². The smallest absolute Gasteiger partial charge is 0.0892 e. The van der Waals surface area contributed by atoms with Gasteiger partial charge in [-0.2, -0.15) is 5.10 Å². The van der Waals surface area contributed by atoms with E-state index in [1.165, 1.54) is 18.4 Å². The molecule has 98 valence electrons. The van der Waals surface area contributed by atoms with Crippen LogP contribution in [0.3, 0.4) is 0 Å². The summed E-state index contributed by atoms with van der Waals surface area (Å²) in [5, 5.41) is 7.78. The van der Waals surface area contributed by atoms with E-state index < -0.39 is 0 Å². The molecule has 2 atom stereocenters. The zero-order valence-electron chi connectivity index (χ0n) is 11.4. The summed E-state index contributed by atoms with van der Waals surface area (Å²) < 4.78 is 1.89. The molecule has 4 heteroatoms. The fourth-order valence-corrected chi connectivity index (χ4v) is 2.53. The molecule has 0 aliphatic heterocycles. The van der Waals surface area contributed by atoms with E-state index in [9.17, 15) is 0 Å². The molecule has 0 fully saturated rings. The first-order chi connectivity index (χ1) is 8.76. The molecule has 1 N–H and O–H groups in total. The quantitative estimate of drug-likeness (QED) is 0.852. The highest BCUT2D eigenvalue weighted by atomic mass is 15.2. The SMILES string of the molecule is CCCC(C)CC(NC)c1cnn2ccncc12. The molecule has 0 aliphatic rings. The fraction of sp³-hybridized carbons (Fsp3) is 0.571. The highest BCUT2D eigenvalue weighted by Crippen LogP contribution is 2.26. The van der Waals surface area contributed by atoms with Gasteiger partial charge in [0, 0.05) is 24.0 Å². The van der Waals surface area contributed by atoms with Crippen molar-refractivity contribution in [3.63, 3.8) is 0 Å². The normalized spacial score (nSPS) is 14.8. The van der Waals surface area contributed by atoms with E-state index in [0.29, 0.717) is 6.04 Å². The van der Waals surface area contributed by atoms with Crippen LogP contribution < -0.4 is 5.32 Å². The van der Waals surface area contributed by atoms with Gasteiger partial charge < -0.3 is 5.32 Å². The Kier molecular flexibility index (Phi) is 4.31. The number of hydrogen-bond acceptors (Lipinski definition) is 3. The van der Waals surface area contributed by atoms with E-state index in [1.54, 1.807) is 6.20 Å². The van der Waals surface area contributed by atoms with Crippen molar-refractivity contribution in [1.29, 1.82) is 0 Å². The average molecular weight is 246 g/mol. The molecule has 0 bridgehead atoms. The number of rotatable bonds is 6. The Balaban J connectivity index is 2.21. The van der Waals surface area contributed by atoms with E-state index in [1.807, 2.05) is 30.2 Å². The van der Waals surface area contributed by atoms with Gasteiger partial charge in [0.05, 0.1) is 17.9 Å². The Labute approximate surface area is 108 Å². The number of aromatic nitrogens is 3. The van der Waals surface area contributed by atoms with Gasteiger partial charge in [-0.05, 0) is 19.4 Å². The molecule has 2 heterocycles. The van der Waals surface area contributed by atoms with Crippen molar-refractivity contribution >= 4 is 5.52 Å². The number of hydrogen-bond donors (Lipinski definition) is 1. The first kappa shape index (κ1) is 13.0. The van der Waals surface area contributed by atoms with Crippen LogP contribution in [0.1, 0.15) is 44.7 Å². The third-order valence-electron chi connectivity index (χ3n) is 3.50. The van der Waals surface area contributed by atoms with Crippen molar-refractivity contribution in [3.8, 4) is 0 Å². The molecule has 0 radical (unpaired) electrons. The van der Waals surface area contributed by atoms with Crippen LogP contribution in [0.5, 0.6) is 0 Å². The van der Waals surface area contributed by atoms with Crippen LogP contribution in [-0.2, 0) is 0 Å². The van der Waals surface area contributed by atoms with Gasteiger partial charge >= 0.3 is 0 Å². The lowest BCUT2D eigenvalue weighted by molar-refractivity contribution is 0.408. The monoisotopic (exact) mass is 246 g/mol. The molecule has 2 aromatic rings. The standard InChI is InChI=1S/C14H22N4/c1-4-5-11(2)8-13(15-3)12-9-17-18-7-6-16-10-14(12)18/h6-7,9-11,13,15H,4-5,8H2,1-3H3. The molecular formula is C14H22N4. The first-order valence-corrected chi connectivity index (χ1v) is 6.70. The maximum absolute atomic E-state index is 4.38. The first-order valence-electron chi connectivity index (χ1n) is 6.70. The zero-order chi connectivity index (χ0) is 13.0. The third-order valence-corrected chi connectivity index (χ3v) is 3.50. The predicted molar refractivity (Wildman–Crippen MR) is 73.5 cm³/mol. The molecule has 0 saturated carbocycles. The Morgan fingerprint density at radius 3 is 2.94 bits per heavy atom. The van der Waals surface area contributed by atoms with Crippen LogP contribution in [0.15, 0.2) is 24.8 Å². The van der Waals surface area contributed by atoms with Crippen LogP contribution in [0.4, 0.5) is 0 Å². The van der Waals surface area contributed by atoms with Crippen molar-refractivity contribution in [1.82, 2.24) is 19.9 Å². The zero-order valence-corrected chi connectivity index (χ0v) is 11.4. The summed E-state index contributed by atoms with van der Waals surface area (Å²) in [6.07, 6.45) is 11.1. The highest BCUT2D eigenvalue weighted by Gasteiger charge is 2.17. The molecule has 0 aromatic carbocycles. The second-order valence-electron chi connectivity index (χ2n) is 4.98. The van der Waals surface area contributed by atoms with Crippen LogP contribution in [0.25, 0.3) is 5.52 Å². The summed E-state index contributed by atoms with van der Waals surface area (Å²) in [5.74, 6) is 0.721. The molecule has 0 aliphatic carbocycles. The molecule has 18 heavy (non-hydrogen) atoms. The van der Waals surface area contributed by atoms with E-state index in [4.69, 9.17) is 0 Å².